The Hall–Kier alpha value is -1.36. The monoisotopic (exact) mass is 209 g/mol. The second kappa shape index (κ2) is 5.39. The first-order valence-electron chi connectivity index (χ1n) is 4.02. The fourth-order valence-corrected chi connectivity index (χ4v) is 1.22. The van der Waals surface area contributed by atoms with Crippen molar-refractivity contribution in [2.75, 3.05) is 13.3 Å². The van der Waals surface area contributed by atoms with Crippen LogP contribution in [-0.2, 0) is 0 Å². The summed E-state index contributed by atoms with van der Waals surface area (Å²) in [6.45, 7) is 0. The molecule has 1 aromatic rings. The maximum atomic E-state index is 10.6. The highest BCUT2D eigenvalue weighted by molar-refractivity contribution is 7.98. The standard InChI is InChI=1S/C9H11N3OS/c1-10-4-3-8-7(6-13)5-11-9(12-8)14-2/h3-6,10H,1-2H3/b4-3-. The Labute approximate surface area is 86.8 Å². The third kappa shape index (κ3) is 2.56. The van der Waals surface area contributed by atoms with E-state index in [-0.39, 0.29) is 0 Å². The van der Waals surface area contributed by atoms with E-state index in [0.29, 0.717) is 16.4 Å². The summed E-state index contributed by atoms with van der Waals surface area (Å²) < 4.78 is 0. The van der Waals surface area contributed by atoms with E-state index in [4.69, 9.17) is 0 Å². The number of hydrogen-bond donors (Lipinski definition) is 1. The summed E-state index contributed by atoms with van der Waals surface area (Å²) in [7, 11) is 1.79. The number of nitrogens with zero attached hydrogens (tertiary/aromatic N) is 2. The van der Waals surface area contributed by atoms with Gasteiger partial charge in [0.2, 0.25) is 0 Å². The lowest BCUT2D eigenvalue weighted by Gasteiger charge is -1.99. The van der Waals surface area contributed by atoms with Crippen LogP contribution in [0.3, 0.4) is 0 Å². The molecule has 0 unspecified atom stereocenters. The first kappa shape index (κ1) is 10.7. The van der Waals surface area contributed by atoms with Crippen molar-refractivity contribution < 1.29 is 4.79 Å². The molecule has 0 aliphatic carbocycles. The van der Waals surface area contributed by atoms with Crippen molar-refractivity contribution in [3.05, 3.63) is 23.7 Å². The van der Waals surface area contributed by atoms with Crippen LogP contribution in [0, 0.1) is 0 Å². The van der Waals surface area contributed by atoms with Crippen LogP contribution in [-0.4, -0.2) is 29.6 Å². The number of hydrogen-bond acceptors (Lipinski definition) is 5. The maximum absolute atomic E-state index is 10.6. The highest BCUT2D eigenvalue weighted by Crippen LogP contribution is 2.11. The zero-order chi connectivity index (χ0) is 10.4. The molecule has 0 aliphatic heterocycles. The van der Waals surface area contributed by atoms with Crippen LogP contribution >= 0.6 is 11.8 Å². The third-order valence-electron chi connectivity index (χ3n) is 1.54. The van der Waals surface area contributed by atoms with Gasteiger partial charge in [0.25, 0.3) is 0 Å². The molecule has 0 amide bonds. The lowest BCUT2D eigenvalue weighted by atomic mass is 10.2. The van der Waals surface area contributed by atoms with Crippen LogP contribution in [0.2, 0.25) is 0 Å². The smallest absolute Gasteiger partial charge is 0.187 e. The lowest BCUT2D eigenvalue weighted by molar-refractivity contribution is 0.112. The Bertz CT molecular complexity index is 352. The fourth-order valence-electron chi connectivity index (χ4n) is 0.872. The minimum atomic E-state index is 0.495. The van der Waals surface area contributed by atoms with E-state index in [1.54, 1.807) is 19.3 Å². The summed E-state index contributed by atoms with van der Waals surface area (Å²) in [6.07, 6.45) is 7.63. The van der Waals surface area contributed by atoms with Gasteiger partial charge in [0, 0.05) is 13.2 Å². The normalized spacial score (nSPS) is 10.4. The number of carbonyl (C=O) groups excluding carboxylic acids is 1. The van der Waals surface area contributed by atoms with Crippen LogP contribution < -0.4 is 5.32 Å². The van der Waals surface area contributed by atoms with Gasteiger partial charge in [-0.3, -0.25) is 4.79 Å². The van der Waals surface area contributed by atoms with Crippen molar-refractivity contribution in [1.82, 2.24) is 15.3 Å². The largest absolute Gasteiger partial charge is 0.394 e. The quantitative estimate of drug-likeness (QED) is 0.459. The van der Waals surface area contributed by atoms with E-state index in [1.165, 1.54) is 18.0 Å². The van der Waals surface area contributed by atoms with E-state index in [1.807, 2.05) is 6.26 Å². The highest BCUT2D eigenvalue weighted by Gasteiger charge is 2.02. The molecule has 0 bridgehead atoms. The molecule has 14 heavy (non-hydrogen) atoms. The van der Waals surface area contributed by atoms with Crippen LogP contribution in [0.4, 0.5) is 0 Å². The predicted octanol–water partition coefficient (Wildman–Crippen LogP) is 1.20. The number of aldehydes is 1. The summed E-state index contributed by atoms with van der Waals surface area (Å²) in [5, 5.41) is 3.50. The third-order valence-corrected chi connectivity index (χ3v) is 2.11. The minimum absolute atomic E-state index is 0.495. The topological polar surface area (TPSA) is 54.9 Å². The fraction of sp³-hybridized carbons (Fsp3) is 0.222. The van der Waals surface area contributed by atoms with Crippen LogP contribution in [0.1, 0.15) is 16.1 Å². The van der Waals surface area contributed by atoms with E-state index < -0.39 is 0 Å². The number of nitrogens with one attached hydrogen (secondary N) is 1. The molecule has 0 aromatic carbocycles. The number of carbonyl (C=O) groups is 1. The van der Waals surface area contributed by atoms with Gasteiger partial charge in [0.15, 0.2) is 11.4 Å². The summed E-state index contributed by atoms with van der Waals surface area (Å²) in [5.41, 5.74) is 1.13. The van der Waals surface area contributed by atoms with Gasteiger partial charge < -0.3 is 5.32 Å². The molecular weight excluding hydrogens is 198 g/mol. The molecule has 0 saturated heterocycles. The molecule has 0 atom stereocenters. The predicted molar refractivity (Wildman–Crippen MR) is 57.3 cm³/mol. The summed E-state index contributed by atoms with van der Waals surface area (Å²) >= 11 is 1.44. The van der Waals surface area contributed by atoms with E-state index >= 15 is 0 Å². The van der Waals surface area contributed by atoms with Crippen LogP contribution in [0.25, 0.3) is 6.08 Å². The lowest BCUT2D eigenvalue weighted by Crippen LogP contribution is -1.97. The molecule has 0 saturated carbocycles. The van der Waals surface area contributed by atoms with Crippen molar-refractivity contribution in [2.45, 2.75) is 5.16 Å². The molecule has 0 spiro atoms. The van der Waals surface area contributed by atoms with Crippen molar-refractivity contribution in [2.24, 2.45) is 0 Å². The van der Waals surface area contributed by atoms with Gasteiger partial charge in [0.1, 0.15) is 0 Å². The highest BCUT2D eigenvalue weighted by atomic mass is 32.2. The van der Waals surface area contributed by atoms with Gasteiger partial charge >= 0.3 is 0 Å². The van der Waals surface area contributed by atoms with Crippen molar-refractivity contribution in [1.29, 1.82) is 0 Å². The van der Waals surface area contributed by atoms with E-state index in [2.05, 4.69) is 15.3 Å². The Morgan fingerprint density at radius 1 is 1.57 bits per heavy atom. The maximum Gasteiger partial charge on any atom is 0.187 e. The summed E-state index contributed by atoms with van der Waals surface area (Å²) in [6, 6.07) is 0. The zero-order valence-electron chi connectivity index (χ0n) is 8.02. The molecule has 1 rings (SSSR count). The molecule has 0 radical (unpaired) electrons. The zero-order valence-corrected chi connectivity index (χ0v) is 8.84. The Balaban J connectivity index is 3.08. The minimum Gasteiger partial charge on any atom is -0.394 e. The van der Waals surface area contributed by atoms with Gasteiger partial charge in [-0.15, -0.1) is 0 Å². The van der Waals surface area contributed by atoms with Gasteiger partial charge in [0.05, 0.1) is 11.3 Å². The van der Waals surface area contributed by atoms with Gasteiger partial charge in [-0.2, -0.15) is 0 Å². The molecule has 1 aromatic heterocycles. The molecule has 0 fully saturated rings. The molecule has 0 aliphatic rings. The Morgan fingerprint density at radius 2 is 2.36 bits per heavy atom. The molecular formula is C9H11N3OS. The number of rotatable bonds is 4. The summed E-state index contributed by atoms with van der Waals surface area (Å²) in [5.74, 6) is 0. The van der Waals surface area contributed by atoms with Gasteiger partial charge in [-0.25, -0.2) is 9.97 Å². The average molecular weight is 209 g/mol. The Morgan fingerprint density at radius 3 is 2.93 bits per heavy atom. The Kier molecular flexibility index (Phi) is 4.12. The van der Waals surface area contributed by atoms with E-state index in [0.717, 1.165) is 6.29 Å². The number of aromatic nitrogens is 2. The molecule has 1 N–H and O–H groups in total. The first-order chi connectivity index (χ1) is 6.81. The second-order valence-corrected chi connectivity index (χ2v) is 3.21. The SMILES string of the molecule is CN/C=C\c1nc(SC)ncc1C=O. The van der Waals surface area contributed by atoms with E-state index in [9.17, 15) is 4.79 Å². The molecule has 5 heteroatoms. The van der Waals surface area contributed by atoms with Crippen molar-refractivity contribution in [3.63, 3.8) is 0 Å². The van der Waals surface area contributed by atoms with Crippen molar-refractivity contribution in [3.8, 4) is 0 Å². The first-order valence-corrected chi connectivity index (χ1v) is 5.24. The summed E-state index contributed by atoms with van der Waals surface area (Å²) in [4.78, 5) is 18.8. The van der Waals surface area contributed by atoms with Crippen molar-refractivity contribution >= 4 is 24.1 Å². The molecule has 1 heterocycles. The van der Waals surface area contributed by atoms with Crippen LogP contribution in [0.15, 0.2) is 17.6 Å². The molecule has 74 valence electrons. The average Bonchev–Trinajstić information content (AvgIpc) is 2.25. The van der Waals surface area contributed by atoms with Crippen LogP contribution in [0.5, 0.6) is 0 Å². The van der Waals surface area contributed by atoms with Gasteiger partial charge in [-0.1, -0.05) is 11.8 Å². The number of thioether (sulfide) groups is 1. The van der Waals surface area contributed by atoms with Gasteiger partial charge in [-0.05, 0) is 18.5 Å². The molecule has 4 nitrogen and oxygen atoms in total. The second-order valence-electron chi connectivity index (χ2n) is 2.44.